The van der Waals surface area contributed by atoms with E-state index >= 15 is 0 Å². The van der Waals surface area contributed by atoms with E-state index in [1.807, 2.05) is 0 Å². The van der Waals surface area contributed by atoms with Crippen LogP contribution in [0.4, 0.5) is 4.39 Å². The maximum Gasteiger partial charge on any atom is 0.364 e. The molecule has 0 aromatic rings. The standard InChI is InChI=1S/C4H6FO3P/c5-3-1-2-4-8-9(6)7/h1-4,9H,(H,6,7). The summed E-state index contributed by atoms with van der Waals surface area (Å²) in [6.07, 6.45) is 3.43. The topological polar surface area (TPSA) is 46.5 Å². The highest BCUT2D eigenvalue weighted by Gasteiger charge is 1.79. The minimum atomic E-state index is -2.91. The average molecular weight is 152 g/mol. The molecule has 0 bridgehead atoms. The van der Waals surface area contributed by atoms with E-state index in [4.69, 9.17) is 4.89 Å². The van der Waals surface area contributed by atoms with Gasteiger partial charge in [-0.1, -0.05) is 0 Å². The summed E-state index contributed by atoms with van der Waals surface area (Å²) in [6, 6.07) is 0. The Balaban J connectivity index is 3.36. The number of hydrogen-bond donors (Lipinski definition) is 1. The predicted molar refractivity (Wildman–Crippen MR) is 31.7 cm³/mol. The molecule has 0 amide bonds. The zero-order valence-electron chi connectivity index (χ0n) is 4.45. The first-order chi connectivity index (χ1) is 4.27. The van der Waals surface area contributed by atoms with Crippen molar-refractivity contribution in [2.75, 3.05) is 0 Å². The van der Waals surface area contributed by atoms with E-state index in [-0.39, 0.29) is 6.33 Å². The SMILES string of the molecule is O=[PH](O)OC=CC=CF. The van der Waals surface area contributed by atoms with Gasteiger partial charge in [0, 0.05) is 0 Å². The molecule has 0 aromatic carbocycles. The van der Waals surface area contributed by atoms with Gasteiger partial charge in [0.05, 0.1) is 12.6 Å². The third kappa shape index (κ3) is 7.40. The van der Waals surface area contributed by atoms with Crippen molar-refractivity contribution >= 4 is 8.25 Å². The second kappa shape index (κ2) is 5.54. The second-order valence-electron chi connectivity index (χ2n) is 1.03. The van der Waals surface area contributed by atoms with Crippen LogP contribution in [0.5, 0.6) is 0 Å². The molecule has 1 unspecified atom stereocenters. The Hall–Kier alpha value is -0.600. The van der Waals surface area contributed by atoms with Gasteiger partial charge in [-0.3, -0.25) is 0 Å². The highest BCUT2D eigenvalue weighted by molar-refractivity contribution is 7.32. The Bertz CT molecular complexity index is 143. The van der Waals surface area contributed by atoms with Crippen molar-refractivity contribution in [1.82, 2.24) is 0 Å². The fourth-order valence-corrected chi connectivity index (χ4v) is 0.380. The summed E-state index contributed by atoms with van der Waals surface area (Å²) in [6.45, 7) is 0. The van der Waals surface area contributed by atoms with Gasteiger partial charge in [-0.25, -0.2) is 8.96 Å². The van der Waals surface area contributed by atoms with Crippen LogP contribution in [0.15, 0.2) is 24.7 Å². The molecule has 3 nitrogen and oxygen atoms in total. The molecule has 0 aliphatic heterocycles. The van der Waals surface area contributed by atoms with Crippen molar-refractivity contribution < 1.29 is 18.4 Å². The van der Waals surface area contributed by atoms with Crippen molar-refractivity contribution in [2.24, 2.45) is 0 Å². The third-order valence-electron chi connectivity index (χ3n) is 0.431. The first kappa shape index (κ1) is 8.40. The molecule has 0 rings (SSSR count). The van der Waals surface area contributed by atoms with E-state index < -0.39 is 8.25 Å². The predicted octanol–water partition coefficient (Wildman–Crippen LogP) is 1.38. The Kier molecular flexibility index (Phi) is 5.17. The molecule has 0 spiro atoms. The molecule has 0 heterocycles. The molecule has 0 radical (unpaired) electrons. The lowest BCUT2D eigenvalue weighted by Crippen LogP contribution is -1.60. The van der Waals surface area contributed by atoms with E-state index in [2.05, 4.69) is 4.52 Å². The lowest BCUT2D eigenvalue weighted by atomic mass is 10.6. The van der Waals surface area contributed by atoms with E-state index in [0.29, 0.717) is 0 Å². The highest BCUT2D eigenvalue weighted by Crippen LogP contribution is 2.13. The highest BCUT2D eigenvalue weighted by atomic mass is 31.1. The molecular formula is C4H6FO3P. The normalized spacial score (nSPS) is 14.9. The van der Waals surface area contributed by atoms with Crippen molar-refractivity contribution in [3.63, 3.8) is 0 Å². The van der Waals surface area contributed by atoms with Crippen LogP contribution in [0.3, 0.4) is 0 Å². The van der Waals surface area contributed by atoms with Crippen LogP contribution < -0.4 is 0 Å². The lowest BCUT2D eigenvalue weighted by molar-refractivity contribution is 0.378. The summed E-state index contributed by atoms with van der Waals surface area (Å²) in [5, 5.41) is 0. The second-order valence-corrected chi connectivity index (χ2v) is 1.80. The fraction of sp³-hybridized carbons (Fsp3) is 0. The van der Waals surface area contributed by atoms with Gasteiger partial charge in [0.25, 0.3) is 0 Å². The van der Waals surface area contributed by atoms with Crippen LogP contribution in [0.1, 0.15) is 0 Å². The summed E-state index contributed by atoms with van der Waals surface area (Å²) in [4.78, 5) is 8.01. The molecule has 1 atom stereocenters. The summed E-state index contributed by atoms with van der Waals surface area (Å²) in [5.41, 5.74) is 0. The van der Waals surface area contributed by atoms with Gasteiger partial charge in [-0.15, -0.1) is 0 Å². The van der Waals surface area contributed by atoms with E-state index in [0.717, 1.165) is 12.3 Å². The van der Waals surface area contributed by atoms with Gasteiger partial charge < -0.3 is 9.42 Å². The van der Waals surface area contributed by atoms with Crippen LogP contribution in [0, 0.1) is 0 Å². The van der Waals surface area contributed by atoms with Crippen LogP contribution in [0.25, 0.3) is 0 Å². The molecule has 0 aromatic heterocycles. The molecule has 0 aliphatic carbocycles. The van der Waals surface area contributed by atoms with Crippen LogP contribution in [0.2, 0.25) is 0 Å². The quantitative estimate of drug-likeness (QED) is 0.377. The van der Waals surface area contributed by atoms with Crippen molar-refractivity contribution in [3.8, 4) is 0 Å². The van der Waals surface area contributed by atoms with Crippen LogP contribution in [-0.2, 0) is 9.09 Å². The largest absolute Gasteiger partial charge is 0.434 e. The van der Waals surface area contributed by atoms with Crippen molar-refractivity contribution in [2.45, 2.75) is 0 Å². The van der Waals surface area contributed by atoms with Gasteiger partial charge in [0.1, 0.15) is 0 Å². The molecule has 0 saturated carbocycles. The van der Waals surface area contributed by atoms with E-state index in [1.165, 1.54) is 6.08 Å². The first-order valence-electron chi connectivity index (χ1n) is 2.09. The summed E-state index contributed by atoms with van der Waals surface area (Å²) >= 11 is 0. The number of allylic oxidation sites excluding steroid dienone is 2. The number of hydrogen-bond acceptors (Lipinski definition) is 2. The van der Waals surface area contributed by atoms with E-state index in [1.54, 1.807) is 0 Å². The lowest BCUT2D eigenvalue weighted by Gasteiger charge is -1.87. The summed E-state index contributed by atoms with van der Waals surface area (Å²) in [7, 11) is -2.91. The Morgan fingerprint density at radius 1 is 1.56 bits per heavy atom. The molecular weight excluding hydrogens is 146 g/mol. The maximum absolute atomic E-state index is 11.1. The fourth-order valence-electron chi connectivity index (χ4n) is 0.185. The first-order valence-corrected chi connectivity index (χ1v) is 3.35. The third-order valence-corrected chi connectivity index (χ3v) is 0.769. The molecule has 9 heavy (non-hydrogen) atoms. The van der Waals surface area contributed by atoms with Crippen molar-refractivity contribution in [3.05, 3.63) is 24.7 Å². The molecule has 1 N–H and O–H groups in total. The van der Waals surface area contributed by atoms with Gasteiger partial charge in [-0.2, -0.15) is 0 Å². The Morgan fingerprint density at radius 3 is 2.67 bits per heavy atom. The average Bonchev–Trinajstić information content (AvgIpc) is 1.80. The Labute approximate surface area is 52.4 Å². The zero-order valence-corrected chi connectivity index (χ0v) is 5.45. The van der Waals surface area contributed by atoms with Gasteiger partial charge in [-0.05, 0) is 12.2 Å². The smallest absolute Gasteiger partial charge is 0.364 e. The van der Waals surface area contributed by atoms with Gasteiger partial charge in [0.2, 0.25) is 0 Å². The molecule has 0 saturated heterocycles. The van der Waals surface area contributed by atoms with Crippen LogP contribution in [-0.4, -0.2) is 4.89 Å². The molecule has 0 fully saturated rings. The van der Waals surface area contributed by atoms with E-state index in [9.17, 15) is 8.96 Å². The molecule has 5 heteroatoms. The summed E-state index contributed by atoms with van der Waals surface area (Å²) < 4.78 is 24.9. The van der Waals surface area contributed by atoms with Gasteiger partial charge >= 0.3 is 8.25 Å². The maximum atomic E-state index is 11.1. The van der Waals surface area contributed by atoms with Crippen molar-refractivity contribution in [1.29, 1.82) is 0 Å². The summed E-state index contributed by atoms with van der Waals surface area (Å²) in [5.74, 6) is 0. The Morgan fingerprint density at radius 2 is 2.22 bits per heavy atom. The minimum Gasteiger partial charge on any atom is -0.434 e. The number of halogens is 1. The van der Waals surface area contributed by atoms with Gasteiger partial charge in [0.15, 0.2) is 0 Å². The molecule has 0 aliphatic rings. The molecule has 52 valence electrons. The van der Waals surface area contributed by atoms with Crippen LogP contribution >= 0.6 is 8.25 Å². The minimum absolute atomic E-state index is 0.286. The zero-order chi connectivity index (χ0) is 7.11. The monoisotopic (exact) mass is 152 g/mol. The number of rotatable bonds is 3.